The van der Waals surface area contributed by atoms with Crippen molar-refractivity contribution in [3.05, 3.63) is 58.6 Å². The molecule has 2 aromatic carbocycles. The van der Waals surface area contributed by atoms with Gasteiger partial charge in [-0.2, -0.15) is 4.31 Å². The van der Waals surface area contributed by atoms with Crippen molar-refractivity contribution >= 4 is 39.1 Å². The van der Waals surface area contributed by atoms with Gasteiger partial charge in [-0.3, -0.25) is 4.79 Å². The van der Waals surface area contributed by atoms with Crippen molar-refractivity contribution in [3.63, 3.8) is 0 Å². The van der Waals surface area contributed by atoms with E-state index in [0.29, 0.717) is 26.0 Å². The second-order valence-electron chi connectivity index (χ2n) is 7.15. The molecule has 1 fully saturated rings. The van der Waals surface area contributed by atoms with Gasteiger partial charge >= 0.3 is 0 Å². The van der Waals surface area contributed by atoms with Gasteiger partial charge in [0.25, 0.3) is 0 Å². The lowest BCUT2D eigenvalue weighted by atomic mass is 9.97. The van der Waals surface area contributed by atoms with Crippen LogP contribution in [0.5, 0.6) is 5.75 Å². The third-order valence-corrected chi connectivity index (χ3v) is 7.99. The Labute approximate surface area is 187 Å². The highest BCUT2D eigenvalue weighted by Gasteiger charge is 2.35. The number of hydrogen-bond acceptors (Lipinski definition) is 4. The lowest BCUT2D eigenvalue weighted by molar-refractivity contribution is -0.135. The number of likely N-dealkylation sites (N-methyl/N-ethyl adjacent to an activating group) is 1. The molecule has 3 rings (SSSR count). The van der Waals surface area contributed by atoms with Crippen molar-refractivity contribution in [1.29, 1.82) is 0 Å². The lowest BCUT2D eigenvalue weighted by Gasteiger charge is -2.32. The Morgan fingerprint density at radius 1 is 1.07 bits per heavy atom. The van der Waals surface area contributed by atoms with Gasteiger partial charge in [-0.15, -0.1) is 0 Å². The summed E-state index contributed by atoms with van der Waals surface area (Å²) >= 11 is 12.2. The van der Waals surface area contributed by atoms with Crippen molar-refractivity contribution in [2.24, 2.45) is 5.92 Å². The van der Waals surface area contributed by atoms with Gasteiger partial charge in [-0.05, 0) is 37.1 Å². The highest BCUT2D eigenvalue weighted by atomic mass is 35.5. The number of piperidine rings is 1. The molecule has 6 nitrogen and oxygen atoms in total. The first-order chi connectivity index (χ1) is 14.3. The topological polar surface area (TPSA) is 66.9 Å². The molecule has 0 radical (unpaired) electrons. The first kappa shape index (κ1) is 22.9. The van der Waals surface area contributed by atoms with Gasteiger partial charge < -0.3 is 9.64 Å². The fourth-order valence-electron chi connectivity index (χ4n) is 3.44. The molecule has 0 spiro atoms. The molecule has 1 amide bonds. The van der Waals surface area contributed by atoms with Crippen LogP contribution in [-0.4, -0.2) is 56.8 Å². The van der Waals surface area contributed by atoms with E-state index in [4.69, 9.17) is 27.9 Å². The molecular formula is C21H24Cl2N2O4S. The zero-order chi connectivity index (χ0) is 21.7. The summed E-state index contributed by atoms with van der Waals surface area (Å²) in [5, 5.41) is 0.192. The van der Waals surface area contributed by atoms with Gasteiger partial charge in [-0.1, -0.05) is 47.5 Å². The monoisotopic (exact) mass is 470 g/mol. The molecule has 0 unspecified atom stereocenters. The Morgan fingerprint density at radius 2 is 1.67 bits per heavy atom. The third-order valence-electron chi connectivity index (χ3n) is 5.13. The second-order valence-corrected chi connectivity index (χ2v) is 9.84. The summed E-state index contributed by atoms with van der Waals surface area (Å²) in [7, 11) is -2.07. The van der Waals surface area contributed by atoms with Crippen LogP contribution in [0.4, 0.5) is 0 Å². The van der Waals surface area contributed by atoms with Gasteiger partial charge in [0.15, 0.2) is 0 Å². The predicted molar refractivity (Wildman–Crippen MR) is 118 cm³/mol. The summed E-state index contributed by atoms with van der Waals surface area (Å²) in [6.45, 7) is 1.34. The maximum absolute atomic E-state index is 13.0. The predicted octanol–water partition coefficient (Wildman–Crippen LogP) is 3.93. The van der Waals surface area contributed by atoms with Crippen LogP contribution in [0.1, 0.15) is 12.8 Å². The van der Waals surface area contributed by atoms with E-state index in [2.05, 4.69) is 0 Å². The number of carbonyl (C=O) groups excluding carboxylic acids is 1. The first-order valence-electron chi connectivity index (χ1n) is 9.67. The molecule has 0 N–H and O–H groups in total. The highest BCUT2D eigenvalue weighted by Crippen LogP contribution is 2.33. The summed E-state index contributed by atoms with van der Waals surface area (Å²) in [4.78, 5) is 14.3. The molecule has 0 aliphatic carbocycles. The Bertz CT molecular complexity index is 958. The summed E-state index contributed by atoms with van der Waals surface area (Å²) in [5.41, 5.74) is 0. The van der Waals surface area contributed by atoms with Crippen LogP contribution in [-0.2, 0) is 14.8 Å². The van der Waals surface area contributed by atoms with Gasteiger partial charge in [0, 0.05) is 26.1 Å². The number of halogens is 2. The molecule has 1 saturated heterocycles. The second kappa shape index (κ2) is 10.0. The van der Waals surface area contributed by atoms with Crippen LogP contribution in [0, 0.1) is 5.92 Å². The minimum absolute atomic E-state index is 0.000476. The molecule has 0 bridgehead atoms. The number of sulfonamides is 1. The number of ether oxygens (including phenoxy) is 1. The van der Waals surface area contributed by atoms with Crippen LogP contribution in [0.3, 0.4) is 0 Å². The van der Waals surface area contributed by atoms with Gasteiger partial charge in [0.1, 0.15) is 17.3 Å². The van der Waals surface area contributed by atoms with E-state index in [1.165, 1.54) is 16.4 Å². The zero-order valence-corrected chi connectivity index (χ0v) is 19.0. The smallest absolute Gasteiger partial charge is 0.246 e. The molecule has 9 heteroatoms. The molecule has 0 atom stereocenters. The van der Waals surface area contributed by atoms with Crippen molar-refractivity contribution in [2.45, 2.75) is 17.7 Å². The summed E-state index contributed by atoms with van der Waals surface area (Å²) in [5.74, 6) is 0.537. The van der Waals surface area contributed by atoms with E-state index in [1.807, 2.05) is 30.3 Å². The molecular weight excluding hydrogens is 447 g/mol. The number of amides is 1. The molecule has 0 aromatic heterocycles. The van der Waals surface area contributed by atoms with E-state index in [-0.39, 0.29) is 39.9 Å². The Balaban J connectivity index is 1.53. The van der Waals surface area contributed by atoms with E-state index in [9.17, 15) is 13.2 Å². The molecule has 1 aliphatic heterocycles. The van der Waals surface area contributed by atoms with Crippen LogP contribution >= 0.6 is 23.2 Å². The SMILES string of the molecule is CN(CCOc1ccccc1)C(=O)C1CCN(S(=O)(=O)c2c(Cl)cccc2Cl)CC1. The minimum Gasteiger partial charge on any atom is -0.492 e. The fourth-order valence-corrected chi connectivity index (χ4v) is 6.00. The van der Waals surface area contributed by atoms with Crippen molar-refractivity contribution in [3.8, 4) is 5.75 Å². The Morgan fingerprint density at radius 3 is 2.27 bits per heavy atom. The van der Waals surface area contributed by atoms with Crippen LogP contribution in [0.25, 0.3) is 0 Å². The van der Waals surface area contributed by atoms with Crippen LogP contribution in [0.2, 0.25) is 10.0 Å². The maximum Gasteiger partial charge on any atom is 0.246 e. The lowest BCUT2D eigenvalue weighted by Crippen LogP contribution is -2.44. The van der Waals surface area contributed by atoms with Gasteiger partial charge in [0.2, 0.25) is 15.9 Å². The normalized spacial score (nSPS) is 15.7. The van der Waals surface area contributed by atoms with Crippen LogP contribution in [0.15, 0.2) is 53.4 Å². The quantitative estimate of drug-likeness (QED) is 0.614. The molecule has 162 valence electrons. The molecule has 1 aliphatic rings. The molecule has 0 saturated carbocycles. The number of rotatable bonds is 7. The largest absolute Gasteiger partial charge is 0.492 e. The van der Waals surface area contributed by atoms with Gasteiger partial charge in [0.05, 0.1) is 16.6 Å². The number of hydrogen-bond donors (Lipinski definition) is 0. The fraction of sp³-hybridized carbons (Fsp3) is 0.381. The summed E-state index contributed by atoms with van der Waals surface area (Å²) in [6, 6.07) is 14.0. The van der Waals surface area contributed by atoms with Gasteiger partial charge in [-0.25, -0.2) is 8.42 Å². The van der Waals surface area contributed by atoms with Crippen LogP contribution < -0.4 is 4.74 Å². The molecule has 30 heavy (non-hydrogen) atoms. The average Bonchev–Trinajstić information content (AvgIpc) is 2.73. The number of benzene rings is 2. The van der Waals surface area contributed by atoms with E-state index < -0.39 is 10.0 Å². The molecule has 1 heterocycles. The highest BCUT2D eigenvalue weighted by molar-refractivity contribution is 7.89. The van der Waals surface area contributed by atoms with E-state index in [0.717, 1.165) is 5.75 Å². The number of nitrogens with zero attached hydrogens (tertiary/aromatic N) is 2. The Hall–Kier alpha value is -1.80. The first-order valence-corrected chi connectivity index (χ1v) is 11.9. The van der Waals surface area contributed by atoms with Crippen molar-refractivity contribution < 1.29 is 17.9 Å². The standard InChI is InChI=1S/C21H24Cl2N2O4S/c1-24(14-15-29-17-6-3-2-4-7-17)21(26)16-10-12-25(13-11-16)30(27,28)20-18(22)8-5-9-19(20)23/h2-9,16H,10-15H2,1H3. The minimum atomic E-state index is -3.81. The zero-order valence-electron chi connectivity index (χ0n) is 16.6. The maximum atomic E-state index is 13.0. The van der Waals surface area contributed by atoms with E-state index in [1.54, 1.807) is 18.0 Å². The van der Waals surface area contributed by atoms with Crippen molar-refractivity contribution in [1.82, 2.24) is 9.21 Å². The average molecular weight is 471 g/mol. The molecule has 2 aromatic rings. The summed E-state index contributed by atoms with van der Waals surface area (Å²) in [6.07, 6.45) is 0.897. The van der Waals surface area contributed by atoms with E-state index >= 15 is 0 Å². The third kappa shape index (κ3) is 5.27. The van der Waals surface area contributed by atoms with Crippen molar-refractivity contribution in [2.75, 3.05) is 33.3 Å². The summed E-state index contributed by atoms with van der Waals surface area (Å²) < 4.78 is 32.9. The number of para-hydroxylation sites is 1. The number of carbonyl (C=O) groups is 1. The Kier molecular flexibility index (Phi) is 7.63.